The molecule has 0 N–H and O–H groups in total. The molecule has 15 atom stereocenters. The normalized spacial score (nSPS) is 25.2. The molecule has 0 aliphatic carbocycles. The third-order valence-corrected chi connectivity index (χ3v) is 23.7. The molecule has 12 aromatic rings. The molecule has 0 aromatic heterocycles. The number of ether oxygens (including phenoxy) is 21. The summed E-state index contributed by atoms with van der Waals surface area (Å²) in [5.74, 6) is -6.54. The lowest BCUT2D eigenvalue weighted by Gasteiger charge is -2.56. The van der Waals surface area contributed by atoms with Gasteiger partial charge in [-0.25, -0.2) is 0 Å². The lowest BCUT2D eigenvalue weighted by Crippen LogP contribution is -2.74. The topological polar surface area (TPSA) is 194 Å². The molecular weight excluding hydrogens is 1670 g/mol. The van der Waals surface area contributed by atoms with Gasteiger partial charge in [-0.3, -0.25) is 0 Å². The summed E-state index contributed by atoms with van der Waals surface area (Å²) in [6.07, 6.45) is -13.4. The second kappa shape index (κ2) is 50.8. The molecule has 12 aromatic carbocycles. The van der Waals surface area contributed by atoms with E-state index in [1.807, 2.05) is 364 Å². The fourth-order valence-electron chi connectivity index (χ4n) is 17.0. The zero-order chi connectivity index (χ0) is 89.6. The third-order valence-electron chi connectivity index (χ3n) is 23.7. The van der Waals surface area contributed by atoms with Crippen LogP contribution in [0.25, 0.3) is 0 Å². The van der Waals surface area contributed by atoms with Gasteiger partial charge in [0.15, 0.2) is 0 Å². The van der Waals surface area contributed by atoms with Gasteiger partial charge < -0.3 is 99.5 Å². The molecule has 0 radical (unpaired) electrons. The summed E-state index contributed by atoms with van der Waals surface area (Å²) in [5.41, 5.74) is 10.6. The molecule has 132 heavy (non-hydrogen) atoms. The zero-order valence-electron chi connectivity index (χ0n) is 74.6. The number of hydrogen-bond donors (Lipinski definition) is 0. The van der Waals surface area contributed by atoms with Gasteiger partial charge in [-0.05, 0) is 66.8 Å². The van der Waals surface area contributed by atoms with Crippen molar-refractivity contribution < 1.29 is 99.5 Å². The SMILES string of the molecule is c1ccc(COCC2OC3(COCCOCCOCCOC4(COC5(CO3)OC(COCc3ccccc3)C(OCc3ccccc3)C(OCc3ccccc3)C5OCc3ccccc3)OC(COCc3ccccc3)C(OCc3ccccc3)C(OCc3ccccc3)C4OCc3ccccc3)C(OCc3ccccc3)C(OCc3ccccc3)C2OCc2ccccc2)cc1. The van der Waals surface area contributed by atoms with Gasteiger partial charge in [0.2, 0.25) is 17.4 Å². The first-order valence-electron chi connectivity index (χ1n) is 45.8. The van der Waals surface area contributed by atoms with E-state index in [4.69, 9.17) is 99.5 Å². The molecule has 21 heteroatoms. The van der Waals surface area contributed by atoms with Crippen molar-refractivity contribution in [2.75, 3.05) is 79.3 Å². The smallest absolute Gasteiger partial charge is 0.222 e. The Balaban J connectivity index is 0.925. The lowest BCUT2D eigenvalue weighted by atomic mass is 9.89. The van der Waals surface area contributed by atoms with Crippen molar-refractivity contribution in [1.29, 1.82) is 0 Å². The van der Waals surface area contributed by atoms with Gasteiger partial charge in [-0.1, -0.05) is 364 Å². The van der Waals surface area contributed by atoms with E-state index in [1.165, 1.54) is 0 Å². The summed E-state index contributed by atoms with van der Waals surface area (Å²) in [6.45, 7) is -0.0845. The van der Waals surface area contributed by atoms with E-state index in [2.05, 4.69) is 0 Å². The number of hydrogen-bond acceptors (Lipinski definition) is 21. The summed E-state index contributed by atoms with van der Waals surface area (Å²) >= 11 is 0. The maximum Gasteiger partial charge on any atom is 0.222 e. The number of benzene rings is 12. The van der Waals surface area contributed by atoms with Gasteiger partial charge >= 0.3 is 0 Å². The Morgan fingerprint density at radius 1 is 0.182 bits per heavy atom. The molecule has 690 valence electrons. The van der Waals surface area contributed by atoms with Gasteiger partial charge in [0, 0.05) is 0 Å². The Bertz CT molecular complexity index is 4920. The second-order valence-electron chi connectivity index (χ2n) is 33.3. The molecule has 4 aliphatic rings. The van der Waals surface area contributed by atoms with Crippen LogP contribution in [0.15, 0.2) is 364 Å². The van der Waals surface area contributed by atoms with E-state index in [1.54, 1.807) is 0 Å². The summed E-state index contributed by atoms with van der Waals surface area (Å²) in [5, 5.41) is 0. The van der Waals surface area contributed by atoms with Crippen LogP contribution >= 0.6 is 0 Å². The molecule has 4 heterocycles. The highest BCUT2D eigenvalue weighted by Crippen LogP contribution is 2.47. The standard InChI is InChI=1S/C111H120O21/c1-13-37-85(38-14-1)67-115-79-97-100(118-70-88-43-19-4-20-44-88)103(121-73-91-49-25-7-26-50-91)106(124-76-94-55-31-10-32-56-94)109(130-97)82-114-64-63-112-61-62-113-65-66-127-110(107(125-77-95-57-33-11-34-58-95)104(122-74-92-51-27-8-28-52-92)101(119-71-89-45-21-5-22-46-89)98(131-110)80-116-68-86-39-15-2-16-40-86)83-129-111(84-128-109)108(126-78-96-59-35-12-36-60-96)105(123-75-93-53-29-9-30-54-93)102(120-72-90-47-23-6-24-48-90)99(132-111)81-117-69-87-41-17-3-18-42-87/h1-60,97-108H,61-84H2. The van der Waals surface area contributed by atoms with Crippen LogP contribution in [0.1, 0.15) is 66.8 Å². The highest BCUT2D eigenvalue weighted by Gasteiger charge is 2.66. The van der Waals surface area contributed by atoms with E-state index in [0.29, 0.717) is 0 Å². The van der Waals surface area contributed by atoms with Gasteiger partial charge in [0.1, 0.15) is 93.1 Å². The van der Waals surface area contributed by atoms with E-state index in [9.17, 15) is 0 Å². The molecule has 4 aliphatic heterocycles. The van der Waals surface area contributed by atoms with Crippen LogP contribution in [-0.2, 0) is 179 Å². The monoisotopic (exact) mass is 1790 g/mol. The van der Waals surface area contributed by atoms with E-state index in [0.717, 1.165) is 66.8 Å². The van der Waals surface area contributed by atoms with Crippen molar-refractivity contribution in [1.82, 2.24) is 0 Å². The van der Waals surface area contributed by atoms with Crippen LogP contribution in [0, 0.1) is 0 Å². The summed E-state index contributed by atoms with van der Waals surface area (Å²) in [6, 6.07) is 120. The van der Waals surface area contributed by atoms with Crippen LogP contribution in [0.3, 0.4) is 0 Å². The van der Waals surface area contributed by atoms with Gasteiger partial charge in [-0.2, -0.15) is 0 Å². The predicted octanol–water partition coefficient (Wildman–Crippen LogP) is 18.3. The molecule has 4 fully saturated rings. The quantitative estimate of drug-likeness (QED) is 0.0353. The van der Waals surface area contributed by atoms with Crippen molar-refractivity contribution in [3.63, 3.8) is 0 Å². The highest BCUT2D eigenvalue weighted by atomic mass is 16.8. The zero-order valence-corrected chi connectivity index (χ0v) is 74.6. The molecule has 3 spiro atoms. The van der Waals surface area contributed by atoms with Crippen LogP contribution in [-0.4, -0.2) is 170 Å². The van der Waals surface area contributed by atoms with E-state index < -0.39 is 104 Å². The molecule has 15 unspecified atom stereocenters. The van der Waals surface area contributed by atoms with Crippen molar-refractivity contribution in [2.24, 2.45) is 0 Å². The van der Waals surface area contributed by atoms with Crippen molar-refractivity contribution >= 4 is 0 Å². The molecule has 0 saturated carbocycles. The minimum absolute atomic E-state index is 0.0217. The Morgan fingerprint density at radius 3 is 0.598 bits per heavy atom. The van der Waals surface area contributed by atoms with Crippen molar-refractivity contribution in [3.8, 4) is 0 Å². The van der Waals surface area contributed by atoms with E-state index in [-0.39, 0.29) is 145 Å². The highest BCUT2D eigenvalue weighted by molar-refractivity contribution is 5.24. The first-order valence-corrected chi connectivity index (χ1v) is 45.8. The van der Waals surface area contributed by atoms with Crippen LogP contribution in [0.5, 0.6) is 0 Å². The Kier molecular flexibility index (Phi) is 36.5. The minimum Gasteiger partial charge on any atom is -0.377 e. The van der Waals surface area contributed by atoms with Crippen molar-refractivity contribution in [3.05, 3.63) is 431 Å². The second-order valence-corrected chi connectivity index (χ2v) is 33.3. The van der Waals surface area contributed by atoms with Gasteiger partial charge in [-0.15, -0.1) is 0 Å². The van der Waals surface area contributed by atoms with Gasteiger partial charge in [0.25, 0.3) is 0 Å². The van der Waals surface area contributed by atoms with Crippen LogP contribution < -0.4 is 0 Å². The Hall–Kier alpha value is -10.2. The molecule has 0 amide bonds. The summed E-state index contributed by atoms with van der Waals surface area (Å²) in [7, 11) is 0. The van der Waals surface area contributed by atoms with Crippen LogP contribution in [0.2, 0.25) is 0 Å². The fraction of sp³-hybridized carbons (Fsp3) is 0.351. The first kappa shape index (κ1) is 95.0. The first-order chi connectivity index (χ1) is 65.4. The molecule has 21 nitrogen and oxygen atoms in total. The predicted molar refractivity (Wildman–Crippen MR) is 497 cm³/mol. The Labute approximate surface area is 775 Å². The molecular formula is C111H120O21. The van der Waals surface area contributed by atoms with E-state index >= 15 is 0 Å². The maximum atomic E-state index is 8.45. The average molecular weight is 1790 g/mol. The largest absolute Gasteiger partial charge is 0.377 e. The third kappa shape index (κ3) is 27.5. The molecule has 0 bridgehead atoms. The maximum absolute atomic E-state index is 8.45. The fourth-order valence-corrected chi connectivity index (χ4v) is 17.0. The van der Waals surface area contributed by atoms with Crippen molar-refractivity contribution in [2.45, 2.75) is 170 Å². The summed E-state index contributed by atoms with van der Waals surface area (Å²) < 4.78 is 159. The lowest BCUT2D eigenvalue weighted by molar-refractivity contribution is -0.451. The average Bonchev–Trinajstić information content (AvgIpc) is 0.732. The number of rotatable bonds is 39. The minimum atomic E-state index is -2.32. The molecule has 16 rings (SSSR count). The van der Waals surface area contributed by atoms with Gasteiger partial charge in [0.05, 0.1) is 139 Å². The Morgan fingerprint density at radius 2 is 0.364 bits per heavy atom. The van der Waals surface area contributed by atoms with Crippen LogP contribution in [0.4, 0.5) is 0 Å². The summed E-state index contributed by atoms with van der Waals surface area (Å²) in [4.78, 5) is 0. The molecule has 4 saturated heterocycles.